The van der Waals surface area contributed by atoms with Crippen LogP contribution in [-0.2, 0) is 9.59 Å². The third-order valence-corrected chi connectivity index (χ3v) is 5.09. The second-order valence-corrected chi connectivity index (χ2v) is 7.07. The maximum absolute atomic E-state index is 12.6. The molecule has 2 aliphatic rings. The van der Waals surface area contributed by atoms with E-state index in [9.17, 15) is 9.59 Å². The van der Waals surface area contributed by atoms with Gasteiger partial charge in [-0.15, -0.1) is 0 Å². The van der Waals surface area contributed by atoms with E-state index in [1.165, 1.54) is 19.3 Å². The fourth-order valence-electron chi connectivity index (χ4n) is 3.37. The van der Waals surface area contributed by atoms with E-state index in [4.69, 9.17) is 0 Å². The van der Waals surface area contributed by atoms with E-state index >= 15 is 0 Å². The molecule has 5 heteroatoms. The fourth-order valence-corrected chi connectivity index (χ4v) is 3.76. The number of nitrogens with zero attached hydrogens (tertiary/aromatic N) is 1. The zero-order valence-electron chi connectivity index (χ0n) is 12.6. The van der Waals surface area contributed by atoms with Crippen LogP contribution < -0.4 is 10.2 Å². The van der Waals surface area contributed by atoms with Gasteiger partial charge in [0.2, 0.25) is 11.8 Å². The van der Waals surface area contributed by atoms with Gasteiger partial charge in [0.15, 0.2) is 0 Å². The van der Waals surface area contributed by atoms with E-state index in [1.807, 2.05) is 24.3 Å². The molecule has 1 aromatic rings. The summed E-state index contributed by atoms with van der Waals surface area (Å²) in [7, 11) is 0. The highest BCUT2D eigenvalue weighted by Gasteiger charge is 2.38. The highest BCUT2D eigenvalue weighted by atomic mass is 79.9. The Morgan fingerprint density at radius 1 is 1.18 bits per heavy atom. The van der Waals surface area contributed by atoms with Crippen molar-refractivity contribution in [1.29, 1.82) is 0 Å². The molecule has 1 saturated carbocycles. The molecular formula is C17H21BrN2O2. The quantitative estimate of drug-likeness (QED) is 0.836. The van der Waals surface area contributed by atoms with E-state index < -0.39 is 5.92 Å². The second kappa shape index (κ2) is 6.82. The number of anilines is 1. The van der Waals surface area contributed by atoms with Gasteiger partial charge in [-0.05, 0) is 37.5 Å². The molecule has 1 aliphatic carbocycles. The van der Waals surface area contributed by atoms with Crippen LogP contribution in [0.1, 0.15) is 38.5 Å². The van der Waals surface area contributed by atoms with Crippen molar-refractivity contribution < 1.29 is 9.59 Å². The molecular weight excluding hydrogens is 344 g/mol. The van der Waals surface area contributed by atoms with E-state index in [0.29, 0.717) is 13.0 Å². The van der Waals surface area contributed by atoms with Crippen LogP contribution in [0.5, 0.6) is 0 Å². The standard InChI is InChI=1S/C17H21BrN2O2/c18-12-5-4-8-14(11-12)20-10-9-15(17(20)22)16(21)19-13-6-2-1-3-7-13/h4-5,8,11,13,15H,1-3,6-7,9-10H2,(H,19,21). The zero-order valence-corrected chi connectivity index (χ0v) is 14.1. The summed E-state index contributed by atoms with van der Waals surface area (Å²) >= 11 is 3.42. The lowest BCUT2D eigenvalue weighted by atomic mass is 9.94. The molecule has 2 fully saturated rings. The van der Waals surface area contributed by atoms with Crippen LogP contribution in [0, 0.1) is 5.92 Å². The first-order valence-electron chi connectivity index (χ1n) is 8.02. The Morgan fingerprint density at radius 3 is 2.68 bits per heavy atom. The minimum absolute atomic E-state index is 0.0774. The molecule has 4 nitrogen and oxygen atoms in total. The lowest BCUT2D eigenvalue weighted by molar-refractivity contribution is -0.132. The number of nitrogens with one attached hydrogen (secondary N) is 1. The van der Waals surface area contributed by atoms with Crippen molar-refractivity contribution in [3.05, 3.63) is 28.7 Å². The Morgan fingerprint density at radius 2 is 1.95 bits per heavy atom. The molecule has 1 saturated heterocycles. The molecule has 1 atom stereocenters. The number of halogens is 1. The number of carbonyl (C=O) groups is 2. The number of hydrogen-bond donors (Lipinski definition) is 1. The molecule has 3 rings (SSSR count). The third kappa shape index (κ3) is 3.35. The molecule has 1 aliphatic heterocycles. The van der Waals surface area contributed by atoms with Crippen molar-refractivity contribution in [2.75, 3.05) is 11.4 Å². The summed E-state index contributed by atoms with van der Waals surface area (Å²) in [4.78, 5) is 26.7. The summed E-state index contributed by atoms with van der Waals surface area (Å²) in [6, 6.07) is 7.91. The van der Waals surface area contributed by atoms with Gasteiger partial charge < -0.3 is 10.2 Å². The van der Waals surface area contributed by atoms with Crippen LogP contribution in [0.15, 0.2) is 28.7 Å². The molecule has 1 unspecified atom stereocenters. The number of amides is 2. The largest absolute Gasteiger partial charge is 0.353 e. The highest BCUT2D eigenvalue weighted by Crippen LogP contribution is 2.28. The van der Waals surface area contributed by atoms with Crippen molar-refractivity contribution in [3.63, 3.8) is 0 Å². The van der Waals surface area contributed by atoms with E-state index in [-0.39, 0.29) is 17.9 Å². The summed E-state index contributed by atoms with van der Waals surface area (Å²) in [5.41, 5.74) is 0.854. The molecule has 1 N–H and O–H groups in total. The molecule has 0 bridgehead atoms. The van der Waals surface area contributed by atoms with Crippen LogP contribution in [0.25, 0.3) is 0 Å². The number of hydrogen-bond acceptors (Lipinski definition) is 2. The van der Waals surface area contributed by atoms with Gasteiger partial charge in [0.25, 0.3) is 0 Å². The van der Waals surface area contributed by atoms with Gasteiger partial charge in [-0.3, -0.25) is 9.59 Å². The molecule has 22 heavy (non-hydrogen) atoms. The average Bonchev–Trinajstić information content (AvgIpc) is 2.90. The van der Waals surface area contributed by atoms with Crippen LogP contribution >= 0.6 is 15.9 Å². The number of carbonyl (C=O) groups excluding carboxylic acids is 2. The zero-order chi connectivity index (χ0) is 15.5. The van der Waals surface area contributed by atoms with Crippen molar-refractivity contribution in [3.8, 4) is 0 Å². The maximum Gasteiger partial charge on any atom is 0.239 e. The topological polar surface area (TPSA) is 49.4 Å². The van der Waals surface area contributed by atoms with E-state index in [0.717, 1.165) is 23.0 Å². The minimum atomic E-state index is -0.527. The van der Waals surface area contributed by atoms with E-state index in [1.54, 1.807) is 4.90 Å². The SMILES string of the molecule is O=C(NC1CCCCC1)C1CCN(c2cccc(Br)c2)C1=O. The van der Waals surface area contributed by atoms with Crippen LogP contribution in [0.4, 0.5) is 5.69 Å². The van der Waals surface area contributed by atoms with Crippen molar-refractivity contribution in [2.45, 2.75) is 44.6 Å². The Bertz CT molecular complexity index is 570. The monoisotopic (exact) mass is 364 g/mol. The van der Waals surface area contributed by atoms with Gasteiger partial charge in [0.1, 0.15) is 5.92 Å². The van der Waals surface area contributed by atoms with Crippen molar-refractivity contribution in [1.82, 2.24) is 5.32 Å². The van der Waals surface area contributed by atoms with Crippen molar-refractivity contribution in [2.24, 2.45) is 5.92 Å². The maximum atomic E-state index is 12.6. The third-order valence-electron chi connectivity index (χ3n) is 4.59. The molecule has 118 valence electrons. The lowest BCUT2D eigenvalue weighted by Crippen LogP contribution is -2.42. The smallest absolute Gasteiger partial charge is 0.239 e. The average molecular weight is 365 g/mol. The summed E-state index contributed by atoms with van der Waals surface area (Å²) in [6.07, 6.45) is 6.29. The fraction of sp³-hybridized carbons (Fsp3) is 0.529. The summed E-state index contributed by atoms with van der Waals surface area (Å²) < 4.78 is 0.938. The second-order valence-electron chi connectivity index (χ2n) is 6.15. The predicted octanol–water partition coefficient (Wildman–Crippen LogP) is 3.25. The van der Waals surface area contributed by atoms with Crippen molar-refractivity contribution >= 4 is 33.4 Å². The Hall–Kier alpha value is -1.36. The molecule has 0 radical (unpaired) electrons. The normalized spacial score (nSPS) is 22.9. The Kier molecular flexibility index (Phi) is 4.81. The first-order valence-corrected chi connectivity index (χ1v) is 8.82. The summed E-state index contributed by atoms with van der Waals surface area (Å²) in [6.45, 7) is 0.609. The first kappa shape index (κ1) is 15.5. The predicted molar refractivity (Wildman–Crippen MR) is 89.6 cm³/mol. The highest BCUT2D eigenvalue weighted by molar-refractivity contribution is 9.10. The number of benzene rings is 1. The van der Waals surface area contributed by atoms with Crippen LogP contribution in [0.2, 0.25) is 0 Å². The minimum Gasteiger partial charge on any atom is -0.353 e. The molecule has 2 amide bonds. The number of rotatable bonds is 3. The Labute approximate surface area is 139 Å². The van der Waals surface area contributed by atoms with Gasteiger partial charge in [-0.2, -0.15) is 0 Å². The van der Waals surface area contributed by atoms with Crippen LogP contribution in [-0.4, -0.2) is 24.4 Å². The Balaban J connectivity index is 1.64. The van der Waals surface area contributed by atoms with Gasteiger partial charge >= 0.3 is 0 Å². The van der Waals surface area contributed by atoms with Gasteiger partial charge in [0.05, 0.1) is 0 Å². The molecule has 1 heterocycles. The molecule has 1 aromatic carbocycles. The molecule has 0 spiro atoms. The summed E-state index contributed by atoms with van der Waals surface area (Å²) in [5, 5.41) is 3.08. The lowest BCUT2D eigenvalue weighted by Gasteiger charge is -2.24. The van der Waals surface area contributed by atoms with Gasteiger partial charge in [-0.1, -0.05) is 41.3 Å². The van der Waals surface area contributed by atoms with Gasteiger partial charge in [-0.25, -0.2) is 0 Å². The first-order chi connectivity index (χ1) is 10.6. The van der Waals surface area contributed by atoms with E-state index in [2.05, 4.69) is 21.2 Å². The van der Waals surface area contributed by atoms with Gasteiger partial charge in [0, 0.05) is 22.7 Å². The molecule has 0 aromatic heterocycles. The van der Waals surface area contributed by atoms with Crippen LogP contribution in [0.3, 0.4) is 0 Å². The summed E-state index contributed by atoms with van der Waals surface area (Å²) in [5.74, 6) is -0.693.